The number of hydrogen-bond acceptors (Lipinski definition) is 5. The van der Waals surface area contributed by atoms with Crippen LogP contribution in [-0.2, 0) is 12.8 Å². The summed E-state index contributed by atoms with van der Waals surface area (Å²) in [5.41, 5.74) is 8.22. The van der Waals surface area contributed by atoms with Gasteiger partial charge in [-0.3, -0.25) is 4.99 Å². The van der Waals surface area contributed by atoms with Gasteiger partial charge in [-0.25, -0.2) is 0 Å². The van der Waals surface area contributed by atoms with Gasteiger partial charge in [-0.15, -0.1) is 13.2 Å². The van der Waals surface area contributed by atoms with Crippen LogP contribution in [0, 0.1) is 0 Å². The van der Waals surface area contributed by atoms with Gasteiger partial charge in [-0.05, 0) is 48.4 Å². The standard InChI is InChI=1S/C20H20F3N5O2/c1-2-17-27-18(30-28-17)14-5-3-13(4-6-14)11-12-25-19(24)26-15-7-9-16(10-8-15)29-20(21,22)23/h3-10H,2,11-12H2,1H3,(H3,24,25,26). The van der Waals surface area contributed by atoms with Crippen LogP contribution in [0.15, 0.2) is 58.0 Å². The van der Waals surface area contributed by atoms with Crippen molar-refractivity contribution in [2.24, 2.45) is 10.7 Å². The van der Waals surface area contributed by atoms with Gasteiger partial charge in [0.2, 0.25) is 0 Å². The number of alkyl halides is 3. The lowest BCUT2D eigenvalue weighted by molar-refractivity contribution is -0.274. The van der Waals surface area contributed by atoms with E-state index in [-0.39, 0.29) is 11.7 Å². The molecule has 0 fully saturated rings. The number of nitrogens with two attached hydrogens (primary N) is 1. The average Bonchev–Trinajstić information content (AvgIpc) is 3.18. The molecule has 7 nitrogen and oxygen atoms in total. The minimum atomic E-state index is -4.72. The predicted molar refractivity (Wildman–Crippen MR) is 106 cm³/mol. The fourth-order valence-electron chi connectivity index (χ4n) is 2.56. The Morgan fingerprint density at radius 2 is 1.83 bits per heavy atom. The van der Waals surface area contributed by atoms with Gasteiger partial charge in [0.25, 0.3) is 5.89 Å². The normalized spacial score (nSPS) is 12.1. The lowest BCUT2D eigenvalue weighted by Gasteiger charge is -2.10. The molecule has 0 amide bonds. The largest absolute Gasteiger partial charge is 0.573 e. The van der Waals surface area contributed by atoms with Crippen LogP contribution in [0.25, 0.3) is 11.5 Å². The molecule has 10 heteroatoms. The number of rotatable bonds is 7. The fourth-order valence-corrected chi connectivity index (χ4v) is 2.56. The highest BCUT2D eigenvalue weighted by Gasteiger charge is 2.30. The zero-order valence-corrected chi connectivity index (χ0v) is 16.1. The second-order valence-electron chi connectivity index (χ2n) is 6.28. The molecule has 2 aromatic carbocycles. The summed E-state index contributed by atoms with van der Waals surface area (Å²) in [6.07, 6.45) is -3.36. The van der Waals surface area contributed by atoms with Crippen LogP contribution < -0.4 is 15.8 Å². The number of benzene rings is 2. The van der Waals surface area contributed by atoms with Gasteiger partial charge in [0.05, 0.1) is 0 Å². The third-order valence-corrected chi connectivity index (χ3v) is 4.03. The Balaban J connectivity index is 1.49. The van der Waals surface area contributed by atoms with E-state index in [4.69, 9.17) is 10.3 Å². The molecule has 158 valence electrons. The van der Waals surface area contributed by atoms with Crippen LogP contribution in [0.1, 0.15) is 18.3 Å². The molecule has 0 atom stereocenters. The SMILES string of the molecule is CCc1noc(-c2ccc(CCN=C(N)Nc3ccc(OC(F)(F)F)cc3)cc2)n1. The van der Waals surface area contributed by atoms with Crippen molar-refractivity contribution in [2.45, 2.75) is 26.1 Å². The molecule has 0 radical (unpaired) electrons. The van der Waals surface area contributed by atoms with E-state index in [9.17, 15) is 13.2 Å². The van der Waals surface area contributed by atoms with Crippen LogP contribution in [0.2, 0.25) is 0 Å². The van der Waals surface area contributed by atoms with Crippen LogP contribution in [0.4, 0.5) is 18.9 Å². The number of nitrogens with zero attached hydrogens (tertiary/aromatic N) is 3. The highest BCUT2D eigenvalue weighted by molar-refractivity contribution is 5.92. The summed E-state index contributed by atoms with van der Waals surface area (Å²) in [4.78, 5) is 8.51. The number of halogens is 3. The predicted octanol–water partition coefficient (Wildman–Crippen LogP) is 4.17. The molecule has 3 N–H and O–H groups in total. The molecule has 0 bridgehead atoms. The van der Waals surface area contributed by atoms with Gasteiger partial charge >= 0.3 is 6.36 Å². The van der Waals surface area contributed by atoms with E-state index in [1.807, 2.05) is 31.2 Å². The molecule has 1 aromatic heterocycles. The zero-order chi connectivity index (χ0) is 21.6. The molecule has 0 spiro atoms. The van der Waals surface area contributed by atoms with Gasteiger partial charge in [0.15, 0.2) is 11.8 Å². The number of anilines is 1. The molecule has 30 heavy (non-hydrogen) atoms. The minimum Gasteiger partial charge on any atom is -0.406 e. The van der Waals surface area contributed by atoms with E-state index in [2.05, 4.69) is 25.2 Å². The third kappa shape index (κ3) is 6.23. The van der Waals surface area contributed by atoms with E-state index in [0.717, 1.165) is 11.1 Å². The van der Waals surface area contributed by atoms with Crippen LogP contribution in [0.3, 0.4) is 0 Å². The number of hydrogen-bond donors (Lipinski definition) is 2. The van der Waals surface area contributed by atoms with E-state index < -0.39 is 6.36 Å². The maximum atomic E-state index is 12.2. The van der Waals surface area contributed by atoms with Gasteiger partial charge in [-0.1, -0.05) is 24.2 Å². The number of nitrogens with one attached hydrogen (secondary N) is 1. The second-order valence-corrected chi connectivity index (χ2v) is 6.28. The first-order valence-corrected chi connectivity index (χ1v) is 9.17. The number of aryl methyl sites for hydroxylation is 1. The molecular weight excluding hydrogens is 399 g/mol. The zero-order valence-electron chi connectivity index (χ0n) is 16.1. The summed E-state index contributed by atoms with van der Waals surface area (Å²) in [6.45, 7) is 2.39. The molecule has 0 saturated carbocycles. The van der Waals surface area contributed by atoms with Gasteiger partial charge in [0, 0.05) is 24.2 Å². The summed E-state index contributed by atoms with van der Waals surface area (Å²) in [6, 6.07) is 12.9. The van der Waals surface area contributed by atoms with Crippen molar-refractivity contribution >= 4 is 11.6 Å². The molecule has 0 aliphatic rings. The lowest BCUT2D eigenvalue weighted by Crippen LogP contribution is -2.23. The van der Waals surface area contributed by atoms with Gasteiger partial charge in [0.1, 0.15) is 5.75 Å². The van der Waals surface area contributed by atoms with Crippen molar-refractivity contribution < 1.29 is 22.4 Å². The number of guanidine groups is 1. The molecule has 0 saturated heterocycles. The first kappa shape index (κ1) is 21.2. The molecule has 0 aliphatic heterocycles. The van der Waals surface area contributed by atoms with Crippen LogP contribution in [0.5, 0.6) is 5.75 Å². The Hall–Kier alpha value is -3.56. The van der Waals surface area contributed by atoms with Crippen molar-refractivity contribution in [3.63, 3.8) is 0 Å². The maximum absolute atomic E-state index is 12.2. The average molecular weight is 419 g/mol. The summed E-state index contributed by atoms with van der Waals surface area (Å²) in [5, 5.41) is 6.70. The molecule has 1 heterocycles. The fraction of sp³-hybridized carbons (Fsp3) is 0.250. The van der Waals surface area contributed by atoms with Crippen molar-refractivity contribution in [1.29, 1.82) is 0 Å². The Bertz CT molecular complexity index is 983. The molecule has 0 unspecified atom stereocenters. The van der Waals surface area contributed by atoms with Crippen molar-refractivity contribution in [3.05, 3.63) is 59.9 Å². The number of aliphatic imine (C=N–C) groups is 1. The van der Waals surface area contributed by atoms with Gasteiger partial charge < -0.3 is 20.3 Å². The van der Waals surface area contributed by atoms with Crippen LogP contribution >= 0.6 is 0 Å². The number of aromatic nitrogens is 2. The van der Waals surface area contributed by atoms with Gasteiger partial charge in [-0.2, -0.15) is 4.98 Å². The van der Waals surface area contributed by atoms with E-state index in [1.54, 1.807) is 0 Å². The monoisotopic (exact) mass is 419 g/mol. The van der Waals surface area contributed by atoms with Crippen molar-refractivity contribution in [1.82, 2.24) is 10.1 Å². The summed E-state index contributed by atoms with van der Waals surface area (Å²) < 4.78 is 45.5. The molecule has 3 aromatic rings. The first-order chi connectivity index (χ1) is 14.3. The van der Waals surface area contributed by atoms with Crippen molar-refractivity contribution in [2.75, 3.05) is 11.9 Å². The quantitative estimate of drug-likeness (QED) is 0.441. The summed E-state index contributed by atoms with van der Waals surface area (Å²) in [5.74, 6) is 0.998. The van der Waals surface area contributed by atoms with Crippen LogP contribution in [-0.4, -0.2) is 29.0 Å². The highest BCUT2D eigenvalue weighted by atomic mass is 19.4. The van der Waals surface area contributed by atoms with E-state index in [0.29, 0.717) is 36.8 Å². The molecule has 0 aliphatic carbocycles. The Morgan fingerprint density at radius 1 is 1.13 bits per heavy atom. The Kier molecular flexibility index (Phi) is 6.55. The van der Waals surface area contributed by atoms with E-state index in [1.165, 1.54) is 24.3 Å². The Labute approximate surface area is 170 Å². The first-order valence-electron chi connectivity index (χ1n) is 9.17. The molecular formula is C20H20F3N5O2. The van der Waals surface area contributed by atoms with Crippen molar-refractivity contribution in [3.8, 4) is 17.2 Å². The lowest BCUT2D eigenvalue weighted by atomic mass is 10.1. The summed E-state index contributed by atoms with van der Waals surface area (Å²) in [7, 11) is 0. The number of ether oxygens (including phenoxy) is 1. The minimum absolute atomic E-state index is 0.161. The topological polar surface area (TPSA) is 98.6 Å². The molecule has 3 rings (SSSR count). The highest BCUT2D eigenvalue weighted by Crippen LogP contribution is 2.24. The smallest absolute Gasteiger partial charge is 0.406 e. The Morgan fingerprint density at radius 3 is 2.43 bits per heavy atom. The second kappa shape index (κ2) is 9.29. The third-order valence-electron chi connectivity index (χ3n) is 4.03. The maximum Gasteiger partial charge on any atom is 0.573 e. The summed E-state index contributed by atoms with van der Waals surface area (Å²) >= 11 is 0. The van der Waals surface area contributed by atoms with E-state index >= 15 is 0 Å².